The summed E-state index contributed by atoms with van der Waals surface area (Å²) >= 11 is 13.1. The van der Waals surface area contributed by atoms with Crippen molar-refractivity contribution in [3.63, 3.8) is 0 Å². The zero-order chi connectivity index (χ0) is 17.1. The molecular weight excluding hydrogens is 369 g/mol. The van der Waals surface area contributed by atoms with E-state index in [4.69, 9.17) is 23.2 Å². The number of nitrogens with zero attached hydrogens (tertiary/aromatic N) is 3. The lowest BCUT2D eigenvalue weighted by Crippen LogP contribution is -2.14. The number of rotatable bonds is 4. The van der Waals surface area contributed by atoms with Crippen LogP contribution in [0.4, 0.5) is 16.4 Å². The van der Waals surface area contributed by atoms with Gasteiger partial charge in [0.1, 0.15) is 15.3 Å². The molecule has 0 aliphatic carbocycles. The average molecular weight is 380 g/mol. The maximum atomic E-state index is 12.5. The highest BCUT2D eigenvalue weighted by Crippen LogP contribution is 2.29. The fourth-order valence-electron chi connectivity index (χ4n) is 1.95. The number of hydrogen-bond donors (Lipinski definition) is 2. The summed E-state index contributed by atoms with van der Waals surface area (Å²) in [6, 6.07) is 6.64. The molecule has 0 fully saturated rings. The minimum atomic E-state index is -0.343. The van der Waals surface area contributed by atoms with E-state index >= 15 is 0 Å². The van der Waals surface area contributed by atoms with Crippen molar-refractivity contribution in [1.29, 1.82) is 0 Å². The molecule has 0 spiro atoms. The van der Waals surface area contributed by atoms with Gasteiger partial charge >= 0.3 is 0 Å². The Morgan fingerprint density at radius 1 is 1.08 bits per heavy atom. The molecule has 24 heavy (non-hydrogen) atoms. The third-order valence-electron chi connectivity index (χ3n) is 2.92. The lowest BCUT2D eigenvalue weighted by Gasteiger charge is -2.07. The van der Waals surface area contributed by atoms with Crippen LogP contribution >= 0.6 is 34.5 Å². The number of thiazole rings is 1. The Balaban J connectivity index is 1.84. The Morgan fingerprint density at radius 3 is 2.38 bits per heavy atom. The van der Waals surface area contributed by atoms with E-state index in [-0.39, 0.29) is 5.91 Å². The van der Waals surface area contributed by atoms with E-state index < -0.39 is 0 Å². The maximum absolute atomic E-state index is 12.5. The Hall–Kier alpha value is -2.22. The predicted octanol–water partition coefficient (Wildman–Crippen LogP) is 4.54. The Kier molecular flexibility index (Phi) is 4.94. The average Bonchev–Trinajstić information content (AvgIpc) is 2.88. The zero-order valence-corrected chi connectivity index (χ0v) is 14.7. The van der Waals surface area contributed by atoms with Crippen LogP contribution in [0.1, 0.15) is 15.5 Å². The van der Waals surface area contributed by atoms with Crippen LogP contribution in [0.2, 0.25) is 10.3 Å². The number of carbonyl (C=O) groups is 1. The number of amides is 1. The van der Waals surface area contributed by atoms with E-state index in [1.807, 2.05) is 6.92 Å². The molecule has 0 aliphatic heterocycles. The molecule has 1 amide bonds. The van der Waals surface area contributed by atoms with Crippen molar-refractivity contribution in [2.75, 3.05) is 10.6 Å². The molecule has 0 radical (unpaired) electrons. The number of pyridine rings is 2. The van der Waals surface area contributed by atoms with Crippen LogP contribution in [0.3, 0.4) is 0 Å². The van der Waals surface area contributed by atoms with Crippen molar-refractivity contribution in [3.8, 4) is 0 Å². The topological polar surface area (TPSA) is 79.8 Å². The van der Waals surface area contributed by atoms with Crippen molar-refractivity contribution < 1.29 is 4.79 Å². The quantitative estimate of drug-likeness (QED) is 0.650. The molecule has 2 N–H and O–H groups in total. The SMILES string of the molecule is Cc1nc(C(=O)Nc2ccnc(Cl)c2)c(Nc2ccnc(Cl)c2)s1. The summed E-state index contributed by atoms with van der Waals surface area (Å²) in [5, 5.41) is 7.93. The maximum Gasteiger partial charge on any atom is 0.277 e. The molecule has 3 aromatic rings. The normalized spacial score (nSPS) is 10.5. The first-order chi connectivity index (χ1) is 11.5. The molecule has 3 heterocycles. The summed E-state index contributed by atoms with van der Waals surface area (Å²) in [4.78, 5) is 24.6. The summed E-state index contributed by atoms with van der Waals surface area (Å²) in [5.74, 6) is -0.343. The van der Waals surface area contributed by atoms with E-state index in [0.29, 0.717) is 26.7 Å². The smallest absolute Gasteiger partial charge is 0.277 e. The van der Waals surface area contributed by atoms with Crippen LogP contribution in [0.25, 0.3) is 0 Å². The lowest BCUT2D eigenvalue weighted by molar-refractivity contribution is 0.102. The number of aromatic nitrogens is 3. The van der Waals surface area contributed by atoms with Gasteiger partial charge in [-0.1, -0.05) is 23.2 Å². The van der Waals surface area contributed by atoms with Crippen molar-refractivity contribution in [2.45, 2.75) is 6.92 Å². The molecule has 0 bridgehead atoms. The molecule has 122 valence electrons. The molecule has 3 aromatic heterocycles. The number of carbonyl (C=O) groups excluding carboxylic acids is 1. The Labute approximate surface area is 151 Å². The van der Waals surface area contributed by atoms with E-state index in [9.17, 15) is 4.79 Å². The fourth-order valence-corrected chi connectivity index (χ4v) is 3.13. The number of halogens is 2. The van der Waals surface area contributed by atoms with Gasteiger partial charge in [-0.2, -0.15) is 0 Å². The van der Waals surface area contributed by atoms with Gasteiger partial charge in [0.15, 0.2) is 5.69 Å². The van der Waals surface area contributed by atoms with Crippen molar-refractivity contribution >= 4 is 56.8 Å². The van der Waals surface area contributed by atoms with Gasteiger partial charge in [0, 0.05) is 23.8 Å². The van der Waals surface area contributed by atoms with Gasteiger partial charge in [-0.25, -0.2) is 15.0 Å². The van der Waals surface area contributed by atoms with E-state index in [1.54, 1.807) is 30.5 Å². The first kappa shape index (κ1) is 16.6. The van der Waals surface area contributed by atoms with E-state index in [2.05, 4.69) is 25.6 Å². The van der Waals surface area contributed by atoms with Crippen LogP contribution in [-0.2, 0) is 0 Å². The van der Waals surface area contributed by atoms with Gasteiger partial charge in [0.25, 0.3) is 5.91 Å². The molecule has 0 aromatic carbocycles. The molecule has 0 aliphatic rings. The molecular formula is C15H11Cl2N5OS. The monoisotopic (exact) mass is 379 g/mol. The fraction of sp³-hybridized carbons (Fsp3) is 0.0667. The summed E-state index contributed by atoms with van der Waals surface area (Å²) in [7, 11) is 0. The van der Waals surface area contributed by atoms with Crippen molar-refractivity contribution in [3.05, 3.63) is 57.7 Å². The van der Waals surface area contributed by atoms with Crippen LogP contribution in [-0.4, -0.2) is 20.9 Å². The highest BCUT2D eigenvalue weighted by Gasteiger charge is 2.18. The number of anilines is 3. The van der Waals surface area contributed by atoms with Gasteiger partial charge < -0.3 is 10.6 Å². The lowest BCUT2D eigenvalue weighted by atomic mass is 10.3. The molecule has 3 rings (SSSR count). The van der Waals surface area contributed by atoms with Crippen molar-refractivity contribution in [1.82, 2.24) is 15.0 Å². The van der Waals surface area contributed by atoms with Gasteiger partial charge in [-0.15, -0.1) is 11.3 Å². The molecule has 0 saturated heterocycles. The van der Waals surface area contributed by atoms with E-state index in [1.165, 1.54) is 17.5 Å². The minimum absolute atomic E-state index is 0.290. The molecule has 0 atom stereocenters. The zero-order valence-electron chi connectivity index (χ0n) is 12.4. The highest BCUT2D eigenvalue weighted by atomic mass is 35.5. The second-order valence-electron chi connectivity index (χ2n) is 4.72. The van der Waals surface area contributed by atoms with Crippen LogP contribution < -0.4 is 10.6 Å². The minimum Gasteiger partial charge on any atom is -0.345 e. The first-order valence-corrected chi connectivity index (χ1v) is 8.37. The third kappa shape index (κ3) is 4.00. The molecule has 9 heteroatoms. The summed E-state index contributed by atoms with van der Waals surface area (Å²) in [5.41, 5.74) is 1.56. The number of hydrogen-bond acceptors (Lipinski definition) is 6. The van der Waals surface area contributed by atoms with Crippen LogP contribution in [0.5, 0.6) is 0 Å². The van der Waals surface area contributed by atoms with Gasteiger partial charge in [-0.05, 0) is 31.2 Å². The second kappa shape index (κ2) is 7.12. The molecule has 0 saturated carbocycles. The Morgan fingerprint density at radius 2 is 1.71 bits per heavy atom. The third-order valence-corrected chi connectivity index (χ3v) is 4.22. The van der Waals surface area contributed by atoms with Gasteiger partial charge in [0.2, 0.25) is 0 Å². The van der Waals surface area contributed by atoms with Crippen molar-refractivity contribution in [2.24, 2.45) is 0 Å². The summed E-state index contributed by atoms with van der Waals surface area (Å²) in [6.07, 6.45) is 3.10. The van der Waals surface area contributed by atoms with Gasteiger partial charge in [0.05, 0.1) is 5.01 Å². The number of aryl methyl sites for hydroxylation is 1. The molecule has 0 unspecified atom stereocenters. The highest BCUT2D eigenvalue weighted by molar-refractivity contribution is 7.16. The Bertz CT molecular complexity index is 899. The van der Waals surface area contributed by atoms with Gasteiger partial charge in [-0.3, -0.25) is 4.79 Å². The summed E-state index contributed by atoms with van der Waals surface area (Å²) in [6.45, 7) is 1.83. The van der Waals surface area contributed by atoms with Crippen LogP contribution in [0.15, 0.2) is 36.7 Å². The largest absolute Gasteiger partial charge is 0.345 e. The van der Waals surface area contributed by atoms with Crippen LogP contribution in [0, 0.1) is 6.92 Å². The summed E-state index contributed by atoms with van der Waals surface area (Å²) < 4.78 is 0. The first-order valence-electron chi connectivity index (χ1n) is 6.80. The standard InChI is InChI=1S/C15H11Cl2N5OS/c1-8-20-13(14(23)21-9-2-4-18-11(16)6-9)15(24-8)22-10-3-5-19-12(17)7-10/h2-7H,1H3,(H,19,22)(H,18,21,23). The number of nitrogens with one attached hydrogen (secondary N) is 2. The molecule has 6 nitrogen and oxygen atoms in total. The predicted molar refractivity (Wildman–Crippen MR) is 96.6 cm³/mol. The second-order valence-corrected chi connectivity index (χ2v) is 6.70. The van der Waals surface area contributed by atoms with E-state index in [0.717, 1.165) is 10.7 Å².